The third-order valence-corrected chi connectivity index (χ3v) is 4.71. The van der Waals surface area contributed by atoms with Gasteiger partial charge in [-0.1, -0.05) is 18.2 Å². The molecule has 4 aromatic rings. The minimum absolute atomic E-state index is 0.115. The summed E-state index contributed by atoms with van der Waals surface area (Å²) in [5.74, 6) is -1.67. The van der Waals surface area contributed by atoms with Crippen LogP contribution in [0.1, 0.15) is 26.5 Å². The van der Waals surface area contributed by atoms with Gasteiger partial charge in [0.25, 0.3) is 11.8 Å². The minimum atomic E-state index is -0.763. The van der Waals surface area contributed by atoms with Crippen molar-refractivity contribution in [1.82, 2.24) is 14.8 Å². The van der Waals surface area contributed by atoms with E-state index < -0.39 is 22.8 Å². The third-order valence-electron chi connectivity index (χ3n) is 4.71. The van der Waals surface area contributed by atoms with Crippen molar-refractivity contribution in [3.05, 3.63) is 112 Å². The summed E-state index contributed by atoms with van der Waals surface area (Å²) in [5.41, 5.74) is 0.646. The highest BCUT2D eigenvalue weighted by molar-refractivity contribution is 6.05. The Morgan fingerprint density at radius 2 is 1.64 bits per heavy atom. The summed E-state index contributed by atoms with van der Waals surface area (Å²) >= 11 is 0. The molecule has 0 saturated carbocycles. The van der Waals surface area contributed by atoms with E-state index in [0.29, 0.717) is 22.6 Å². The molecule has 0 aliphatic rings. The number of para-hydroxylation sites is 1. The summed E-state index contributed by atoms with van der Waals surface area (Å²) in [6.07, 6.45) is 3.00. The van der Waals surface area contributed by atoms with E-state index in [4.69, 9.17) is 0 Å². The Morgan fingerprint density at radius 3 is 2.33 bits per heavy atom. The van der Waals surface area contributed by atoms with Gasteiger partial charge >= 0.3 is 0 Å². The molecule has 9 heteroatoms. The van der Waals surface area contributed by atoms with Crippen LogP contribution in [-0.4, -0.2) is 26.6 Å². The summed E-state index contributed by atoms with van der Waals surface area (Å²) in [5, 5.41) is 9.39. The van der Waals surface area contributed by atoms with Crippen molar-refractivity contribution in [2.45, 2.75) is 6.92 Å². The number of hydrogen-bond donors (Lipinski definition) is 2. The first-order valence-electron chi connectivity index (χ1n) is 9.91. The van der Waals surface area contributed by atoms with Gasteiger partial charge in [-0.3, -0.25) is 19.4 Å². The molecule has 2 amide bonds. The lowest BCUT2D eigenvalue weighted by atomic mass is 10.2. The third kappa shape index (κ3) is 4.82. The first kappa shape index (κ1) is 21.6. The van der Waals surface area contributed by atoms with E-state index in [0.717, 1.165) is 0 Å². The van der Waals surface area contributed by atoms with Crippen molar-refractivity contribution < 1.29 is 14.0 Å². The van der Waals surface area contributed by atoms with Crippen LogP contribution in [0, 0.1) is 12.7 Å². The van der Waals surface area contributed by atoms with Gasteiger partial charge in [-0.15, -0.1) is 0 Å². The number of anilines is 2. The normalized spacial score (nSPS) is 10.5. The number of nitrogens with one attached hydrogen (secondary N) is 2. The molecular formula is C24H18FN5O3. The Labute approximate surface area is 187 Å². The topological polar surface area (TPSA) is 106 Å². The number of hydrogen-bond acceptors (Lipinski definition) is 5. The van der Waals surface area contributed by atoms with Crippen LogP contribution in [0.2, 0.25) is 0 Å². The quantitative estimate of drug-likeness (QED) is 0.490. The number of rotatable bonds is 5. The molecule has 2 N–H and O–H groups in total. The molecule has 164 valence electrons. The molecular weight excluding hydrogens is 425 g/mol. The predicted molar refractivity (Wildman–Crippen MR) is 121 cm³/mol. The number of amides is 2. The van der Waals surface area contributed by atoms with E-state index in [2.05, 4.69) is 20.7 Å². The van der Waals surface area contributed by atoms with Gasteiger partial charge in [-0.2, -0.15) is 5.10 Å². The lowest BCUT2D eigenvalue weighted by Gasteiger charge is -2.12. The van der Waals surface area contributed by atoms with Crippen molar-refractivity contribution in [1.29, 1.82) is 0 Å². The van der Waals surface area contributed by atoms with E-state index in [9.17, 15) is 18.8 Å². The maximum Gasteiger partial charge on any atom is 0.280 e. The summed E-state index contributed by atoms with van der Waals surface area (Å²) in [6.45, 7) is 1.59. The molecule has 0 fully saturated rings. The highest BCUT2D eigenvalue weighted by atomic mass is 19.1. The van der Waals surface area contributed by atoms with E-state index >= 15 is 0 Å². The molecule has 2 aromatic carbocycles. The molecule has 0 radical (unpaired) electrons. The van der Waals surface area contributed by atoms with Gasteiger partial charge in [0.2, 0.25) is 5.43 Å². The zero-order valence-electron chi connectivity index (χ0n) is 17.4. The molecule has 8 nitrogen and oxygen atoms in total. The second kappa shape index (κ2) is 9.23. The van der Waals surface area contributed by atoms with Gasteiger partial charge in [-0.05, 0) is 49.4 Å². The van der Waals surface area contributed by atoms with Crippen LogP contribution in [0.15, 0.2) is 83.9 Å². The SMILES string of the molecule is Cc1cc(=O)c(C(=O)Nc2cccc(NC(=O)c3cccnc3)c2)nn1-c1ccccc1F. The number of benzene rings is 2. The lowest BCUT2D eigenvalue weighted by molar-refractivity contribution is 0.101. The van der Waals surface area contributed by atoms with Crippen LogP contribution in [0.3, 0.4) is 0 Å². The fourth-order valence-electron chi connectivity index (χ4n) is 3.14. The fourth-order valence-corrected chi connectivity index (χ4v) is 3.14. The maximum atomic E-state index is 14.2. The smallest absolute Gasteiger partial charge is 0.280 e. The van der Waals surface area contributed by atoms with Gasteiger partial charge in [0.15, 0.2) is 5.69 Å². The number of nitrogens with zero attached hydrogens (tertiary/aromatic N) is 3. The van der Waals surface area contributed by atoms with E-state index in [1.54, 1.807) is 49.5 Å². The van der Waals surface area contributed by atoms with E-state index in [1.807, 2.05) is 0 Å². The Bertz CT molecular complexity index is 1400. The zero-order chi connectivity index (χ0) is 23.4. The average molecular weight is 443 g/mol. The van der Waals surface area contributed by atoms with Gasteiger partial charge in [0.05, 0.1) is 5.56 Å². The molecule has 33 heavy (non-hydrogen) atoms. The first-order valence-corrected chi connectivity index (χ1v) is 9.91. The van der Waals surface area contributed by atoms with Crippen LogP contribution in [-0.2, 0) is 0 Å². The molecule has 0 unspecified atom stereocenters. The maximum absolute atomic E-state index is 14.2. The fraction of sp³-hybridized carbons (Fsp3) is 0.0417. The van der Waals surface area contributed by atoms with Gasteiger partial charge in [-0.25, -0.2) is 9.07 Å². The van der Waals surface area contributed by atoms with Gasteiger partial charge in [0.1, 0.15) is 11.5 Å². The van der Waals surface area contributed by atoms with Crippen LogP contribution in [0.25, 0.3) is 5.69 Å². The molecule has 0 aliphatic heterocycles. The van der Waals surface area contributed by atoms with Crippen LogP contribution < -0.4 is 16.1 Å². The summed E-state index contributed by atoms with van der Waals surface area (Å²) in [4.78, 5) is 41.4. The Balaban J connectivity index is 1.57. The molecule has 4 rings (SSSR count). The first-order chi connectivity index (χ1) is 15.9. The second-order valence-electron chi connectivity index (χ2n) is 7.09. The highest BCUT2D eigenvalue weighted by Crippen LogP contribution is 2.17. The molecule has 0 spiro atoms. The van der Waals surface area contributed by atoms with E-state index in [-0.39, 0.29) is 11.6 Å². The van der Waals surface area contributed by atoms with Crippen LogP contribution in [0.4, 0.5) is 15.8 Å². The van der Waals surface area contributed by atoms with E-state index in [1.165, 1.54) is 41.2 Å². The molecule has 2 heterocycles. The van der Waals surface area contributed by atoms with Crippen molar-refractivity contribution >= 4 is 23.2 Å². The Morgan fingerprint density at radius 1 is 0.909 bits per heavy atom. The van der Waals surface area contributed by atoms with Crippen LogP contribution >= 0.6 is 0 Å². The minimum Gasteiger partial charge on any atom is -0.322 e. The summed E-state index contributed by atoms with van der Waals surface area (Å²) in [7, 11) is 0. The van der Waals surface area contributed by atoms with Crippen LogP contribution in [0.5, 0.6) is 0 Å². The number of pyridine rings is 1. The summed E-state index contributed by atoms with van der Waals surface area (Å²) in [6, 6.07) is 16.8. The molecule has 0 aliphatic carbocycles. The number of carbonyl (C=O) groups is 2. The highest BCUT2D eigenvalue weighted by Gasteiger charge is 2.17. The molecule has 2 aromatic heterocycles. The summed E-state index contributed by atoms with van der Waals surface area (Å²) < 4.78 is 15.4. The van der Waals surface area contributed by atoms with Crippen molar-refractivity contribution in [3.63, 3.8) is 0 Å². The number of carbonyl (C=O) groups excluding carboxylic acids is 2. The molecule has 0 bridgehead atoms. The predicted octanol–water partition coefficient (Wildman–Crippen LogP) is 3.58. The van der Waals surface area contributed by atoms with Crippen molar-refractivity contribution in [3.8, 4) is 5.69 Å². The Hall–Kier alpha value is -4.66. The van der Waals surface area contributed by atoms with Gasteiger partial charge in [0, 0.05) is 35.5 Å². The van der Waals surface area contributed by atoms with Gasteiger partial charge < -0.3 is 10.6 Å². The largest absolute Gasteiger partial charge is 0.322 e. The average Bonchev–Trinajstić information content (AvgIpc) is 2.80. The molecule has 0 saturated heterocycles. The van der Waals surface area contributed by atoms with Crippen molar-refractivity contribution in [2.24, 2.45) is 0 Å². The monoisotopic (exact) mass is 443 g/mol. The standard InChI is InChI=1S/C24H18FN5O3/c1-15-12-21(31)22(29-30(15)20-10-3-2-9-19(20)25)24(33)28-18-8-4-7-17(13-18)27-23(32)16-6-5-11-26-14-16/h2-14H,1H3,(H,27,32)(H,28,33). The number of halogens is 1. The lowest BCUT2D eigenvalue weighted by Crippen LogP contribution is -2.27. The zero-order valence-corrected chi connectivity index (χ0v) is 17.4. The Kier molecular flexibility index (Phi) is 6.03. The molecule has 0 atom stereocenters. The number of aromatic nitrogens is 3. The van der Waals surface area contributed by atoms with Crippen molar-refractivity contribution in [2.75, 3.05) is 10.6 Å². The second-order valence-corrected chi connectivity index (χ2v) is 7.09. The number of aryl methyl sites for hydroxylation is 1.